The van der Waals surface area contributed by atoms with Crippen LogP contribution < -0.4 is 5.32 Å². The van der Waals surface area contributed by atoms with Gasteiger partial charge in [-0.25, -0.2) is 0 Å². The fraction of sp³-hybridized carbons (Fsp3) is 0.462. The minimum Gasteiger partial charge on any atom is -0.507 e. The molecule has 3 heteroatoms. The van der Waals surface area contributed by atoms with E-state index >= 15 is 0 Å². The summed E-state index contributed by atoms with van der Waals surface area (Å²) >= 11 is 0. The van der Waals surface area contributed by atoms with Gasteiger partial charge in [-0.2, -0.15) is 0 Å². The molecule has 16 heavy (non-hydrogen) atoms. The van der Waals surface area contributed by atoms with E-state index in [2.05, 4.69) is 26.1 Å². The van der Waals surface area contributed by atoms with Gasteiger partial charge in [-0.15, -0.1) is 0 Å². The number of carbonyl (C=O) groups is 1. The maximum Gasteiger partial charge on any atom is 0.255 e. The van der Waals surface area contributed by atoms with Gasteiger partial charge in [0.1, 0.15) is 5.75 Å². The molecule has 0 fully saturated rings. The van der Waals surface area contributed by atoms with E-state index in [1.54, 1.807) is 18.2 Å². The highest BCUT2D eigenvalue weighted by Gasteiger charge is 2.22. The lowest BCUT2D eigenvalue weighted by Crippen LogP contribution is -2.41. The van der Waals surface area contributed by atoms with E-state index in [-0.39, 0.29) is 23.1 Å². The highest BCUT2D eigenvalue weighted by Crippen LogP contribution is 2.20. The first kappa shape index (κ1) is 12.6. The Bertz CT molecular complexity index is 380. The average Bonchev–Trinajstić information content (AvgIpc) is 2.16. The first-order valence-electron chi connectivity index (χ1n) is 5.41. The molecule has 0 aliphatic rings. The lowest BCUT2D eigenvalue weighted by Gasteiger charge is -2.28. The monoisotopic (exact) mass is 221 g/mol. The zero-order valence-corrected chi connectivity index (χ0v) is 10.2. The second-order valence-electron chi connectivity index (χ2n) is 5.08. The van der Waals surface area contributed by atoms with Crippen molar-refractivity contribution >= 4 is 5.91 Å². The van der Waals surface area contributed by atoms with Gasteiger partial charge in [-0.05, 0) is 24.5 Å². The first-order chi connectivity index (χ1) is 7.32. The number of phenolic OH excluding ortho intramolecular Hbond substituents is 1. The van der Waals surface area contributed by atoms with Crippen molar-refractivity contribution in [3.8, 4) is 5.75 Å². The predicted molar refractivity (Wildman–Crippen MR) is 64.5 cm³/mol. The molecule has 0 saturated heterocycles. The van der Waals surface area contributed by atoms with Crippen LogP contribution in [0.25, 0.3) is 0 Å². The Morgan fingerprint density at radius 1 is 1.31 bits per heavy atom. The molecule has 0 radical (unpaired) electrons. The zero-order chi connectivity index (χ0) is 12.3. The number of benzene rings is 1. The minimum absolute atomic E-state index is 0.0000589. The van der Waals surface area contributed by atoms with Crippen LogP contribution in [0.15, 0.2) is 24.3 Å². The smallest absolute Gasteiger partial charge is 0.255 e. The summed E-state index contributed by atoms with van der Waals surface area (Å²) in [6, 6.07) is 6.59. The molecule has 1 amide bonds. The Morgan fingerprint density at radius 2 is 1.88 bits per heavy atom. The highest BCUT2D eigenvalue weighted by atomic mass is 16.3. The van der Waals surface area contributed by atoms with Crippen molar-refractivity contribution < 1.29 is 9.90 Å². The molecule has 1 atom stereocenters. The van der Waals surface area contributed by atoms with Crippen LogP contribution >= 0.6 is 0 Å². The van der Waals surface area contributed by atoms with Crippen molar-refractivity contribution in [3.63, 3.8) is 0 Å². The Kier molecular flexibility index (Phi) is 3.58. The van der Waals surface area contributed by atoms with Gasteiger partial charge < -0.3 is 10.4 Å². The number of hydrogen-bond donors (Lipinski definition) is 2. The second-order valence-corrected chi connectivity index (χ2v) is 5.08. The van der Waals surface area contributed by atoms with Gasteiger partial charge in [-0.1, -0.05) is 32.9 Å². The van der Waals surface area contributed by atoms with Crippen LogP contribution in [-0.2, 0) is 0 Å². The molecule has 3 nitrogen and oxygen atoms in total. The molecule has 0 aromatic heterocycles. The number of phenols is 1. The van der Waals surface area contributed by atoms with E-state index in [0.29, 0.717) is 5.56 Å². The van der Waals surface area contributed by atoms with Crippen molar-refractivity contribution in [1.82, 2.24) is 5.32 Å². The van der Waals surface area contributed by atoms with Crippen molar-refractivity contribution in [1.29, 1.82) is 0 Å². The standard InChI is InChI=1S/C13H19NO2/c1-9(13(2,3)4)14-12(16)10-7-5-6-8-11(10)15/h5-9,15H,1-4H3,(H,14,16). The highest BCUT2D eigenvalue weighted by molar-refractivity contribution is 5.96. The van der Waals surface area contributed by atoms with Crippen LogP contribution in [-0.4, -0.2) is 17.1 Å². The SMILES string of the molecule is CC(NC(=O)c1ccccc1O)C(C)(C)C. The van der Waals surface area contributed by atoms with Crippen LogP contribution in [0, 0.1) is 5.41 Å². The van der Waals surface area contributed by atoms with Gasteiger partial charge in [0.05, 0.1) is 5.56 Å². The van der Waals surface area contributed by atoms with E-state index in [9.17, 15) is 9.90 Å². The summed E-state index contributed by atoms with van der Waals surface area (Å²) < 4.78 is 0. The van der Waals surface area contributed by atoms with Crippen LogP contribution in [0.1, 0.15) is 38.1 Å². The van der Waals surface area contributed by atoms with E-state index in [1.165, 1.54) is 6.07 Å². The zero-order valence-electron chi connectivity index (χ0n) is 10.2. The van der Waals surface area contributed by atoms with Crippen LogP contribution in [0.3, 0.4) is 0 Å². The molecule has 0 saturated carbocycles. The molecule has 1 unspecified atom stereocenters. The van der Waals surface area contributed by atoms with Crippen LogP contribution in [0.4, 0.5) is 0 Å². The third-order valence-electron chi connectivity index (χ3n) is 2.80. The minimum atomic E-state index is -0.236. The summed E-state index contributed by atoms with van der Waals surface area (Å²) in [6.45, 7) is 8.13. The van der Waals surface area contributed by atoms with Crippen molar-refractivity contribution in [2.75, 3.05) is 0 Å². The second kappa shape index (κ2) is 4.56. The molecule has 2 N–H and O–H groups in total. The third-order valence-corrected chi connectivity index (χ3v) is 2.80. The summed E-state index contributed by atoms with van der Waals surface area (Å²) in [5.41, 5.74) is 0.318. The Morgan fingerprint density at radius 3 is 2.38 bits per heavy atom. The topological polar surface area (TPSA) is 49.3 Å². The fourth-order valence-corrected chi connectivity index (χ4v) is 1.16. The maximum atomic E-state index is 11.9. The summed E-state index contributed by atoms with van der Waals surface area (Å²) in [6.07, 6.45) is 0. The molecule has 1 aromatic carbocycles. The molecule has 0 aliphatic carbocycles. The van der Waals surface area contributed by atoms with Gasteiger partial charge in [0.15, 0.2) is 0 Å². The van der Waals surface area contributed by atoms with E-state index in [4.69, 9.17) is 0 Å². The summed E-state index contributed by atoms with van der Waals surface area (Å²) in [4.78, 5) is 11.9. The Balaban J connectivity index is 2.78. The molecule has 1 aromatic rings. The number of rotatable bonds is 2. The summed E-state index contributed by atoms with van der Waals surface area (Å²) in [7, 11) is 0. The third kappa shape index (κ3) is 2.99. The lowest BCUT2D eigenvalue weighted by molar-refractivity contribution is 0.0907. The molecule has 0 aliphatic heterocycles. The molecular weight excluding hydrogens is 202 g/mol. The van der Waals surface area contributed by atoms with Crippen LogP contribution in [0.5, 0.6) is 5.75 Å². The molecule has 0 spiro atoms. The first-order valence-corrected chi connectivity index (χ1v) is 5.41. The van der Waals surface area contributed by atoms with Gasteiger partial charge >= 0.3 is 0 Å². The molecular formula is C13H19NO2. The van der Waals surface area contributed by atoms with E-state index < -0.39 is 0 Å². The number of nitrogens with one attached hydrogen (secondary N) is 1. The number of aromatic hydroxyl groups is 1. The number of amides is 1. The van der Waals surface area contributed by atoms with Gasteiger partial charge in [0, 0.05) is 6.04 Å². The molecule has 0 bridgehead atoms. The lowest BCUT2D eigenvalue weighted by atomic mass is 9.88. The normalized spacial score (nSPS) is 13.2. The Hall–Kier alpha value is -1.51. The van der Waals surface area contributed by atoms with Crippen molar-refractivity contribution in [2.45, 2.75) is 33.7 Å². The Labute approximate surface area is 96.5 Å². The van der Waals surface area contributed by atoms with E-state index in [0.717, 1.165) is 0 Å². The number of para-hydroxylation sites is 1. The molecule has 0 heterocycles. The van der Waals surface area contributed by atoms with E-state index in [1.807, 2.05) is 6.92 Å². The maximum absolute atomic E-state index is 11.9. The van der Waals surface area contributed by atoms with Crippen LogP contribution in [0.2, 0.25) is 0 Å². The van der Waals surface area contributed by atoms with Crippen molar-refractivity contribution in [2.24, 2.45) is 5.41 Å². The number of hydrogen-bond acceptors (Lipinski definition) is 2. The average molecular weight is 221 g/mol. The van der Waals surface area contributed by atoms with Gasteiger partial charge in [0.25, 0.3) is 5.91 Å². The summed E-state index contributed by atoms with van der Waals surface area (Å²) in [5.74, 6) is -0.221. The number of carbonyl (C=O) groups excluding carboxylic acids is 1. The summed E-state index contributed by atoms with van der Waals surface area (Å²) in [5, 5.41) is 12.4. The largest absolute Gasteiger partial charge is 0.507 e. The van der Waals surface area contributed by atoms with Gasteiger partial charge in [0.2, 0.25) is 0 Å². The molecule has 88 valence electrons. The predicted octanol–water partition coefficient (Wildman–Crippen LogP) is 2.56. The quantitative estimate of drug-likeness (QED) is 0.806. The molecule has 1 rings (SSSR count). The van der Waals surface area contributed by atoms with Crippen molar-refractivity contribution in [3.05, 3.63) is 29.8 Å². The van der Waals surface area contributed by atoms with Gasteiger partial charge in [-0.3, -0.25) is 4.79 Å². The fourth-order valence-electron chi connectivity index (χ4n) is 1.16.